The van der Waals surface area contributed by atoms with Gasteiger partial charge in [-0.15, -0.1) is 0 Å². The molecule has 7 heteroatoms. The Morgan fingerprint density at radius 3 is 2.26 bits per heavy atom. The van der Waals surface area contributed by atoms with Crippen LogP contribution in [0.5, 0.6) is 5.75 Å². The van der Waals surface area contributed by atoms with Crippen LogP contribution in [0, 0.1) is 13.8 Å². The second-order valence-corrected chi connectivity index (χ2v) is 10.9. The molecule has 0 aliphatic carbocycles. The van der Waals surface area contributed by atoms with Gasteiger partial charge in [-0.2, -0.15) is 0 Å². The maximum absolute atomic E-state index is 12.8. The molecule has 2 N–H and O–H groups in total. The fourth-order valence-corrected chi connectivity index (χ4v) is 4.67. The molecule has 0 saturated heterocycles. The molecular weight excluding hydrogens is 448 g/mol. The quantitative estimate of drug-likeness (QED) is 0.434. The van der Waals surface area contributed by atoms with Crippen LogP contribution in [0.4, 0.5) is 5.69 Å². The van der Waals surface area contributed by atoms with Crippen LogP contribution in [0.1, 0.15) is 47.8 Å². The van der Waals surface area contributed by atoms with Crippen molar-refractivity contribution < 1.29 is 17.9 Å². The highest BCUT2D eigenvalue weighted by Gasteiger charge is 2.19. The average molecular weight is 481 g/mol. The van der Waals surface area contributed by atoms with Crippen LogP contribution in [0.15, 0.2) is 71.6 Å². The summed E-state index contributed by atoms with van der Waals surface area (Å²) in [6.07, 6.45) is 0. The molecule has 6 nitrogen and oxygen atoms in total. The molecule has 3 rings (SSSR count). The van der Waals surface area contributed by atoms with Gasteiger partial charge in [-0.1, -0.05) is 62.7 Å². The number of ether oxygens (including phenoxy) is 1. The molecule has 0 spiro atoms. The predicted octanol–water partition coefficient (Wildman–Crippen LogP) is 5.21. The number of nitrogens with one attached hydrogen (secondary N) is 2. The van der Waals surface area contributed by atoms with Gasteiger partial charge >= 0.3 is 0 Å². The maximum atomic E-state index is 12.8. The van der Waals surface area contributed by atoms with Gasteiger partial charge in [0, 0.05) is 5.56 Å². The van der Waals surface area contributed by atoms with Crippen LogP contribution in [0.25, 0.3) is 0 Å². The number of carbonyl (C=O) groups excluding carboxylic acids is 1. The van der Waals surface area contributed by atoms with Gasteiger partial charge in [-0.3, -0.25) is 9.52 Å². The zero-order valence-corrected chi connectivity index (χ0v) is 21.1. The minimum atomic E-state index is -3.76. The van der Waals surface area contributed by atoms with Crippen molar-refractivity contribution in [1.82, 2.24) is 5.32 Å². The van der Waals surface area contributed by atoms with Crippen molar-refractivity contribution >= 4 is 21.6 Å². The summed E-state index contributed by atoms with van der Waals surface area (Å²) in [6.45, 7) is 10.6. The van der Waals surface area contributed by atoms with Crippen molar-refractivity contribution in [1.29, 1.82) is 0 Å². The molecular formula is C27H32N2O4S. The van der Waals surface area contributed by atoms with Gasteiger partial charge in [0.15, 0.2) is 0 Å². The summed E-state index contributed by atoms with van der Waals surface area (Å²) in [4.78, 5) is 13.0. The number of rotatable bonds is 8. The molecule has 3 aromatic rings. The average Bonchev–Trinajstić information content (AvgIpc) is 2.78. The summed E-state index contributed by atoms with van der Waals surface area (Å²) in [7, 11) is -3.76. The van der Waals surface area contributed by atoms with Crippen LogP contribution >= 0.6 is 0 Å². The highest BCUT2D eigenvalue weighted by molar-refractivity contribution is 7.92. The number of benzene rings is 3. The lowest BCUT2D eigenvalue weighted by molar-refractivity contribution is 0.0946. The Morgan fingerprint density at radius 2 is 1.59 bits per heavy atom. The van der Waals surface area contributed by atoms with E-state index in [1.54, 1.807) is 49.4 Å². The number of sulfonamides is 1. The summed E-state index contributed by atoms with van der Waals surface area (Å²) in [5.74, 6) is 0.509. The molecule has 0 unspecified atom stereocenters. The van der Waals surface area contributed by atoms with Gasteiger partial charge in [-0.25, -0.2) is 8.42 Å². The Morgan fingerprint density at radius 1 is 0.912 bits per heavy atom. The number of hydrogen-bond donors (Lipinski definition) is 2. The standard InChI is InChI=1S/C27H32N2O4S/c1-19-13-15-21(16-14-19)34(31,32)29-24-11-8-9-22(20(24)2)26(30)28-17-18-33-25-12-7-6-10-23(25)27(3,4)5/h6-16,29H,17-18H2,1-5H3,(H,28,30). The second kappa shape index (κ2) is 10.3. The number of carbonyl (C=O) groups is 1. The van der Waals surface area contributed by atoms with Crippen LogP contribution in [0.3, 0.4) is 0 Å². The lowest BCUT2D eigenvalue weighted by Crippen LogP contribution is -2.29. The molecule has 0 radical (unpaired) electrons. The van der Waals surface area contributed by atoms with E-state index in [1.165, 1.54) is 0 Å². The number of amides is 1. The van der Waals surface area contributed by atoms with E-state index < -0.39 is 10.0 Å². The predicted molar refractivity (Wildman–Crippen MR) is 136 cm³/mol. The SMILES string of the molecule is Cc1ccc(S(=O)(=O)Nc2cccc(C(=O)NCCOc3ccccc3C(C)(C)C)c2C)cc1. The van der Waals surface area contributed by atoms with E-state index in [0.717, 1.165) is 16.9 Å². The molecule has 3 aromatic carbocycles. The first-order valence-corrected chi connectivity index (χ1v) is 12.7. The van der Waals surface area contributed by atoms with Gasteiger partial charge in [-0.05, 0) is 60.7 Å². The lowest BCUT2D eigenvalue weighted by Gasteiger charge is -2.22. The topological polar surface area (TPSA) is 84.5 Å². The summed E-state index contributed by atoms with van der Waals surface area (Å²) in [5, 5.41) is 2.86. The van der Waals surface area contributed by atoms with Crippen LogP contribution in [0.2, 0.25) is 0 Å². The lowest BCUT2D eigenvalue weighted by atomic mass is 9.86. The number of anilines is 1. The first-order valence-electron chi connectivity index (χ1n) is 11.2. The summed E-state index contributed by atoms with van der Waals surface area (Å²) < 4.78 is 34.0. The molecule has 0 atom stereocenters. The minimum Gasteiger partial charge on any atom is -0.491 e. The third-order valence-corrected chi connectivity index (χ3v) is 6.88. The molecule has 180 valence electrons. The van der Waals surface area contributed by atoms with Gasteiger partial charge in [0.25, 0.3) is 15.9 Å². The highest BCUT2D eigenvalue weighted by atomic mass is 32.2. The van der Waals surface area contributed by atoms with Crippen molar-refractivity contribution in [3.63, 3.8) is 0 Å². The Hall–Kier alpha value is -3.32. The van der Waals surface area contributed by atoms with Crippen molar-refractivity contribution in [3.8, 4) is 5.75 Å². The zero-order valence-electron chi connectivity index (χ0n) is 20.3. The molecule has 0 heterocycles. The molecule has 0 bridgehead atoms. The normalized spacial score (nSPS) is 11.7. The van der Waals surface area contributed by atoms with E-state index in [-0.39, 0.29) is 16.2 Å². The van der Waals surface area contributed by atoms with E-state index in [4.69, 9.17) is 4.74 Å². The molecule has 34 heavy (non-hydrogen) atoms. The Bertz CT molecular complexity index is 1260. The number of aryl methyl sites for hydroxylation is 1. The van der Waals surface area contributed by atoms with Gasteiger partial charge < -0.3 is 10.1 Å². The maximum Gasteiger partial charge on any atom is 0.261 e. The van der Waals surface area contributed by atoms with Crippen LogP contribution < -0.4 is 14.8 Å². The first-order chi connectivity index (χ1) is 16.0. The monoisotopic (exact) mass is 480 g/mol. The fraction of sp³-hybridized carbons (Fsp3) is 0.296. The van der Waals surface area contributed by atoms with Crippen molar-refractivity contribution in [2.75, 3.05) is 17.9 Å². The fourth-order valence-electron chi connectivity index (χ4n) is 3.55. The summed E-state index contributed by atoms with van der Waals surface area (Å²) in [5.41, 5.74) is 3.34. The number of para-hydroxylation sites is 1. The Balaban J connectivity index is 1.64. The van der Waals surface area contributed by atoms with Gasteiger partial charge in [0.05, 0.1) is 17.1 Å². The van der Waals surface area contributed by atoms with Crippen molar-refractivity contribution in [2.45, 2.75) is 44.9 Å². The third-order valence-electron chi connectivity index (χ3n) is 5.49. The van der Waals surface area contributed by atoms with Gasteiger partial charge in [0.1, 0.15) is 12.4 Å². The molecule has 0 aliphatic heterocycles. The molecule has 0 saturated carbocycles. The Labute approximate surface area is 202 Å². The zero-order chi connectivity index (χ0) is 24.9. The highest BCUT2D eigenvalue weighted by Crippen LogP contribution is 2.30. The third kappa shape index (κ3) is 6.17. The molecule has 0 fully saturated rings. The van der Waals surface area contributed by atoms with Crippen molar-refractivity contribution in [3.05, 3.63) is 89.0 Å². The molecule has 1 amide bonds. The van der Waals surface area contributed by atoms with E-state index >= 15 is 0 Å². The largest absolute Gasteiger partial charge is 0.491 e. The van der Waals surface area contributed by atoms with Crippen molar-refractivity contribution in [2.24, 2.45) is 0 Å². The summed E-state index contributed by atoms with van der Waals surface area (Å²) >= 11 is 0. The van der Waals surface area contributed by atoms with E-state index in [0.29, 0.717) is 30.0 Å². The smallest absolute Gasteiger partial charge is 0.261 e. The van der Waals surface area contributed by atoms with Crippen LogP contribution in [-0.4, -0.2) is 27.5 Å². The molecule has 0 aliphatic rings. The van der Waals surface area contributed by atoms with E-state index in [2.05, 4.69) is 30.8 Å². The molecule has 0 aromatic heterocycles. The Kier molecular flexibility index (Phi) is 7.67. The summed E-state index contributed by atoms with van der Waals surface area (Å²) in [6, 6.07) is 19.5. The second-order valence-electron chi connectivity index (χ2n) is 9.25. The number of hydrogen-bond acceptors (Lipinski definition) is 4. The first kappa shape index (κ1) is 25.3. The van der Waals surface area contributed by atoms with Gasteiger partial charge in [0.2, 0.25) is 0 Å². The van der Waals surface area contributed by atoms with E-state index in [1.807, 2.05) is 31.2 Å². The van der Waals surface area contributed by atoms with E-state index in [9.17, 15) is 13.2 Å². The van der Waals surface area contributed by atoms with Crippen LogP contribution in [-0.2, 0) is 15.4 Å². The minimum absolute atomic E-state index is 0.0523.